The lowest BCUT2D eigenvalue weighted by Gasteiger charge is -2.13. The van der Waals surface area contributed by atoms with E-state index >= 15 is 0 Å². The number of nitrogens with one attached hydrogen (secondary N) is 2. The van der Waals surface area contributed by atoms with Gasteiger partial charge in [0.2, 0.25) is 0 Å². The van der Waals surface area contributed by atoms with Crippen molar-refractivity contribution in [2.24, 2.45) is 0 Å². The number of ether oxygens (including phenoxy) is 3. The Morgan fingerprint density at radius 3 is 2.67 bits per heavy atom. The first-order valence-electron chi connectivity index (χ1n) is 7.66. The van der Waals surface area contributed by atoms with Crippen LogP contribution in [0.1, 0.15) is 34.6 Å². The van der Waals surface area contributed by atoms with E-state index in [0.29, 0.717) is 30.2 Å². The average molecular weight is 356 g/mol. The van der Waals surface area contributed by atoms with Crippen molar-refractivity contribution >= 4 is 34.3 Å². The summed E-state index contributed by atoms with van der Waals surface area (Å²) in [4.78, 5) is 36.3. The Kier molecular flexibility index (Phi) is 6.56. The summed E-state index contributed by atoms with van der Waals surface area (Å²) in [5.41, 5.74) is 1.22. The van der Waals surface area contributed by atoms with E-state index in [1.54, 1.807) is 13.8 Å². The minimum Gasteiger partial charge on any atom is -0.465 e. The van der Waals surface area contributed by atoms with Gasteiger partial charge in [0.15, 0.2) is 0 Å². The third-order valence-electron chi connectivity index (χ3n) is 3.23. The summed E-state index contributed by atoms with van der Waals surface area (Å²) in [5.74, 6) is -1.00. The van der Waals surface area contributed by atoms with Gasteiger partial charge < -0.3 is 19.5 Å². The van der Waals surface area contributed by atoms with Gasteiger partial charge in [0.1, 0.15) is 11.5 Å². The predicted molar refractivity (Wildman–Crippen MR) is 87.3 cm³/mol. The van der Waals surface area contributed by atoms with E-state index in [1.165, 1.54) is 11.3 Å². The zero-order chi connectivity index (χ0) is 17.5. The van der Waals surface area contributed by atoms with Crippen LogP contribution in [0.15, 0.2) is 0 Å². The Labute approximate surface area is 143 Å². The maximum Gasteiger partial charge on any atom is 0.341 e. The third-order valence-corrected chi connectivity index (χ3v) is 4.35. The average Bonchev–Trinajstić information content (AvgIpc) is 2.91. The molecule has 2 N–H and O–H groups in total. The molecule has 0 saturated heterocycles. The molecule has 1 aliphatic heterocycles. The fourth-order valence-electron chi connectivity index (χ4n) is 2.25. The normalized spacial score (nSPS) is 12.9. The highest BCUT2D eigenvalue weighted by molar-refractivity contribution is 7.17. The Hall–Kier alpha value is -2.13. The summed E-state index contributed by atoms with van der Waals surface area (Å²) in [7, 11) is 0. The van der Waals surface area contributed by atoms with Crippen molar-refractivity contribution < 1.29 is 28.6 Å². The van der Waals surface area contributed by atoms with Gasteiger partial charge in [0, 0.05) is 4.88 Å². The van der Waals surface area contributed by atoms with Crippen LogP contribution in [0.25, 0.3) is 0 Å². The number of carbonyl (C=O) groups is 3. The molecule has 0 unspecified atom stereocenters. The van der Waals surface area contributed by atoms with Crippen LogP contribution in [-0.4, -0.2) is 44.3 Å². The van der Waals surface area contributed by atoms with E-state index in [0.717, 1.165) is 10.4 Å². The summed E-state index contributed by atoms with van der Waals surface area (Å²) >= 11 is 1.28. The first-order valence-corrected chi connectivity index (χ1v) is 8.48. The lowest BCUT2D eigenvalue weighted by Crippen LogP contribution is -2.34. The molecule has 8 nitrogen and oxygen atoms in total. The van der Waals surface area contributed by atoms with Crippen LogP contribution in [0, 0.1) is 0 Å². The molecule has 2 amide bonds. The molecule has 0 aromatic carbocycles. The summed E-state index contributed by atoms with van der Waals surface area (Å²) < 4.78 is 15.2. The van der Waals surface area contributed by atoms with Gasteiger partial charge in [-0.2, -0.15) is 0 Å². The number of urea groups is 1. The maximum atomic E-state index is 12.2. The van der Waals surface area contributed by atoms with Gasteiger partial charge in [-0.15, -0.1) is 11.3 Å². The summed E-state index contributed by atoms with van der Waals surface area (Å²) in [6.45, 7) is 4.56. The molecule has 1 aliphatic rings. The number of amides is 2. The molecule has 132 valence electrons. The molecule has 24 heavy (non-hydrogen) atoms. The van der Waals surface area contributed by atoms with Gasteiger partial charge in [-0.3, -0.25) is 10.1 Å². The van der Waals surface area contributed by atoms with Gasteiger partial charge in [-0.05, 0) is 25.8 Å². The molecule has 0 aliphatic carbocycles. The Morgan fingerprint density at radius 2 is 1.96 bits per heavy atom. The molecule has 0 fully saturated rings. The number of hydrogen-bond acceptors (Lipinski definition) is 7. The smallest absolute Gasteiger partial charge is 0.341 e. The van der Waals surface area contributed by atoms with Gasteiger partial charge in [0.05, 0.1) is 32.0 Å². The van der Waals surface area contributed by atoms with E-state index < -0.39 is 18.0 Å². The van der Waals surface area contributed by atoms with Crippen LogP contribution >= 0.6 is 11.3 Å². The van der Waals surface area contributed by atoms with Crippen LogP contribution < -0.4 is 10.6 Å². The third kappa shape index (κ3) is 4.45. The Morgan fingerprint density at radius 1 is 1.21 bits per heavy atom. The number of esters is 2. The first kappa shape index (κ1) is 18.2. The molecule has 0 radical (unpaired) electrons. The van der Waals surface area contributed by atoms with E-state index in [4.69, 9.17) is 14.2 Å². The number of thiophene rings is 1. The van der Waals surface area contributed by atoms with Crippen LogP contribution in [0.4, 0.5) is 9.80 Å². The van der Waals surface area contributed by atoms with Gasteiger partial charge in [-0.1, -0.05) is 0 Å². The quantitative estimate of drug-likeness (QED) is 0.752. The molecule has 0 bridgehead atoms. The second kappa shape index (κ2) is 8.65. The molecule has 2 rings (SSSR count). The molecule has 0 saturated carbocycles. The topological polar surface area (TPSA) is 103 Å². The van der Waals surface area contributed by atoms with Crippen molar-refractivity contribution in [3.8, 4) is 0 Å². The monoisotopic (exact) mass is 356 g/mol. The lowest BCUT2D eigenvalue weighted by molar-refractivity contribution is -0.141. The van der Waals surface area contributed by atoms with Crippen LogP contribution in [0.2, 0.25) is 0 Å². The number of rotatable bonds is 6. The zero-order valence-electron chi connectivity index (χ0n) is 13.6. The summed E-state index contributed by atoms with van der Waals surface area (Å²) in [6.07, 6.45) is 0.589. The van der Waals surface area contributed by atoms with E-state index in [9.17, 15) is 14.4 Å². The van der Waals surface area contributed by atoms with Gasteiger partial charge in [-0.25, -0.2) is 9.59 Å². The predicted octanol–water partition coefficient (Wildman–Crippen LogP) is 1.68. The maximum absolute atomic E-state index is 12.2. The SMILES string of the molecule is CCOC(=O)CNC(=O)Nc1sc2c(c1C(=O)OCC)CCOC2. The number of hydrogen-bond donors (Lipinski definition) is 2. The van der Waals surface area contributed by atoms with Crippen molar-refractivity contribution in [3.05, 3.63) is 16.0 Å². The second-order valence-corrected chi connectivity index (χ2v) is 5.95. The molecular formula is C15H20N2O6S. The van der Waals surface area contributed by atoms with Crippen molar-refractivity contribution in [2.75, 3.05) is 31.7 Å². The van der Waals surface area contributed by atoms with Crippen molar-refractivity contribution in [2.45, 2.75) is 26.9 Å². The zero-order valence-corrected chi connectivity index (χ0v) is 14.4. The largest absolute Gasteiger partial charge is 0.465 e. The fourth-order valence-corrected chi connectivity index (χ4v) is 3.42. The Bertz CT molecular complexity index is 628. The number of fused-ring (bicyclic) bond motifs is 1. The molecule has 2 heterocycles. The highest BCUT2D eigenvalue weighted by atomic mass is 32.1. The summed E-state index contributed by atoms with van der Waals surface area (Å²) in [6, 6.07) is -0.590. The minimum absolute atomic E-state index is 0.243. The van der Waals surface area contributed by atoms with Crippen LogP contribution in [0.5, 0.6) is 0 Å². The number of anilines is 1. The van der Waals surface area contributed by atoms with E-state index in [-0.39, 0.29) is 19.8 Å². The number of carbonyl (C=O) groups excluding carboxylic acids is 3. The van der Waals surface area contributed by atoms with E-state index in [1.807, 2.05) is 0 Å². The van der Waals surface area contributed by atoms with Gasteiger partial charge in [0.25, 0.3) is 0 Å². The van der Waals surface area contributed by atoms with E-state index in [2.05, 4.69) is 10.6 Å². The van der Waals surface area contributed by atoms with Crippen molar-refractivity contribution in [3.63, 3.8) is 0 Å². The Balaban J connectivity index is 2.11. The minimum atomic E-state index is -0.590. The standard InChI is InChI=1S/C15H20N2O6S/c1-3-22-11(18)7-16-15(20)17-13-12(14(19)23-4-2)9-5-6-21-8-10(9)24-13/h3-8H2,1-2H3,(H2,16,17,20). The molecular weight excluding hydrogens is 336 g/mol. The van der Waals surface area contributed by atoms with Gasteiger partial charge >= 0.3 is 18.0 Å². The molecule has 0 atom stereocenters. The highest BCUT2D eigenvalue weighted by Crippen LogP contribution is 2.36. The first-order chi connectivity index (χ1) is 11.6. The van der Waals surface area contributed by atoms with Crippen LogP contribution in [0.3, 0.4) is 0 Å². The second-order valence-electron chi connectivity index (χ2n) is 4.84. The fraction of sp³-hybridized carbons (Fsp3) is 0.533. The van der Waals surface area contributed by atoms with Crippen LogP contribution in [-0.2, 0) is 32.0 Å². The highest BCUT2D eigenvalue weighted by Gasteiger charge is 2.27. The molecule has 1 aromatic rings. The van der Waals surface area contributed by atoms with Crippen molar-refractivity contribution in [1.29, 1.82) is 0 Å². The lowest BCUT2D eigenvalue weighted by atomic mass is 10.1. The molecule has 9 heteroatoms. The summed E-state index contributed by atoms with van der Waals surface area (Å²) in [5, 5.41) is 5.40. The van der Waals surface area contributed by atoms with Crippen molar-refractivity contribution in [1.82, 2.24) is 5.32 Å². The molecule has 0 spiro atoms. The molecule has 1 aromatic heterocycles.